The molecule has 6 nitrogen and oxygen atoms in total. The third kappa shape index (κ3) is 3.00. The Morgan fingerprint density at radius 3 is 2.67 bits per heavy atom. The highest BCUT2D eigenvalue weighted by Gasteiger charge is 2.19. The Morgan fingerprint density at radius 2 is 2.13 bits per heavy atom. The summed E-state index contributed by atoms with van der Waals surface area (Å²) in [6.07, 6.45) is 1.33. The molecule has 1 aromatic heterocycles. The maximum atomic E-state index is 11.5. The van der Waals surface area contributed by atoms with Crippen LogP contribution < -0.4 is 11.5 Å². The zero-order valence-electron chi connectivity index (χ0n) is 7.88. The number of hydrogen-bond acceptors (Lipinski definition) is 5. The molecule has 0 bridgehead atoms. The van der Waals surface area contributed by atoms with Crippen LogP contribution in [-0.2, 0) is 21.2 Å². The van der Waals surface area contributed by atoms with Crippen molar-refractivity contribution in [3.63, 3.8) is 0 Å². The first kappa shape index (κ1) is 11.6. The fourth-order valence-electron chi connectivity index (χ4n) is 1.01. The minimum Gasteiger partial charge on any atom is -0.369 e. The van der Waals surface area contributed by atoms with E-state index in [0.29, 0.717) is 5.56 Å². The molecule has 0 atom stereocenters. The maximum Gasteiger partial charge on any atom is 0.233 e. The molecule has 0 unspecified atom stereocenters. The first-order valence-corrected chi connectivity index (χ1v) is 5.77. The molecule has 0 saturated carbocycles. The summed E-state index contributed by atoms with van der Waals surface area (Å²) in [5.74, 6) is -1.65. The Morgan fingerprint density at radius 1 is 1.47 bits per heavy atom. The fraction of sp³-hybridized carbons (Fsp3) is 0.250. The van der Waals surface area contributed by atoms with E-state index in [-0.39, 0.29) is 11.6 Å². The van der Waals surface area contributed by atoms with Gasteiger partial charge in [0.1, 0.15) is 5.75 Å². The molecular formula is C8H11N3O3S. The summed E-state index contributed by atoms with van der Waals surface area (Å²) in [7, 11) is -3.73. The fourth-order valence-corrected chi connectivity index (χ4v) is 2.08. The lowest BCUT2D eigenvalue weighted by Crippen LogP contribution is -2.23. The molecular weight excluding hydrogens is 218 g/mol. The van der Waals surface area contributed by atoms with Gasteiger partial charge in [-0.05, 0) is 17.7 Å². The lowest BCUT2D eigenvalue weighted by Gasteiger charge is -2.02. The zero-order chi connectivity index (χ0) is 11.5. The van der Waals surface area contributed by atoms with Crippen LogP contribution in [0.15, 0.2) is 23.4 Å². The quantitative estimate of drug-likeness (QED) is 0.672. The summed E-state index contributed by atoms with van der Waals surface area (Å²) < 4.78 is 23.0. The van der Waals surface area contributed by atoms with E-state index in [1.165, 1.54) is 12.3 Å². The Labute approximate surface area is 87.2 Å². The van der Waals surface area contributed by atoms with Gasteiger partial charge in [0.2, 0.25) is 15.7 Å². The lowest BCUT2D eigenvalue weighted by atomic mass is 10.3. The average Bonchev–Trinajstić information content (AvgIpc) is 2.16. The van der Waals surface area contributed by atoms with Gasteiger partial charge in [0.15, 0.2) is 5.03 Å². The molecule has 7 heteroatoms. The van der Waals surface area contributed by atoms with Crippen LogP contribution in [0.1, 0.15) is 5.56 Å². The second-order valence-corrected chi connectivity index (χ2v) is 4.87. The first-order chi connectivity index (χ1) is 6.95. The van der Waals surface area contributed by atoms with Gasteiger partial charge in [-0.3, -0.25) is 4.79 Å². The van der Waals surface area contributed by atoms with Crippen molar-refractivity contribution in [2.75, 3.05) is 5.75 Å². The molecule has 0 spiro atoms. The predicted molar refractivity (Wildman–Crippen MR) is 53.4 cm³/mol. The van der Waals surface area contributed by atoms with Crippen LogP contribution >= 0.6 is 0 Å². The molecule has 1 rings (SSSR count). The summed E-state index contributed by atoms with van der Waals surface area (Å²) in [4.78, 5) is 14.2. The Balaban J connectivity index is 3.10. The minimum absolute atomic E-state index is 0.177. The molecule has 0 fully saturated rings. The molecule has 0 aliphatic rings. The third-order valence-electron chi connectivity index (χ3n) is 1.69. The number of carbonyl (C=O) groups is 1. The number of primary amides is 1. The van der Waals surface area contributed by atoms with Crippen LogP contribution in [0.4, 0.5) is 0 Å². The highest BCUT2D eigenvalue weighted by molar-refractivity contribution is 7.92. The van der Waals surface area contributed by atoms with Crippen LogP contribution in [0.2, 0.25) is 0 Å². The summed E-state index contributed by atoms with van der Waals surface area (Å²) in [6, 6.07) is 2.93. The van der Waals surface area contributed by atoms with Crippen molar-refractivity contribution in [1.82, 2.24) is 4.98 Å². The van der Waals surface area contributed by atoms with Crippen molar-refractivity contribution in [1.29, 1.82) is 0 Å². The number of rotatable bonds is 4. The number of nitrogens with zero attached hydrogens (tertiary/aromatic N) is 1. The van der Waals surface area contributed by atoms with E-state index in [1.807, 2.05) is 0 Å². The van der Waals surface area contributed by atoms with Crippen molar-refractivity contribution in [3.8, 4) is 0 Å². The standard InChI is InChI=1S/C8H11N3O3S/c9-4-6-1-2-11-8(3-6)15(13,14)5-7(10)12/h1-3H,4-5,9H2,(H2,10,12). The molecule has 0 aliphatic carbocycles. The monoisotopic (exact) mass is 229 g/mol. The van der Waals surface area contributed by atoms with E-state index in [2.05, 4.69) is 4.98 Å². The van der Waals surface area contributed by atoms with Crippen molar-refractivity contribution >= 4 is 15.7 Å². The van der Waals surface area contributed by atoms with Crippen molar-refractivity contribution < 1.29 is 13.2 Å². The molecule has 0 saturated heterocycles. The number of nitrogens with two attached hydrogens (primary N) is 2. The van der Waals surface area contributed by atoms with Gasteiger partial charge in [0.05, 0.1) is 0 Å². The molecule has 0 aromatic carbocycles. The Bertz CT molecular complexity index is 470. The summed E-state index contributed by atoms with van der Waals surface area (Å²) in [5, 5.41) is -0.177. The first-order valence-electron chi connectivity index (χ1n) is 4.12. The van der Waals surface area contributed by atoms with Gasteiger partial charge in [-0.25, -0.2) is 13.4 Å². The van der Waals surface area contributed by atoms with Crippen LogP contribution in [0.25, 0.3) is 0 Å². The van der Waals surface area contributed by atoms with E-state index in [9.17, 15) is 13.2 Å². The van der Waals surface area contributed by atoms with Gasteiger partial charge in [-0.15, -0.1) is 0 Å². The number of amides is 1. The smallest absolute Gasteiger partial charge is 0.233 e. The predicted octanol–water partition coefficient (Wildman–Crippen LogP) is -1.20. The highest BCUT2D eigenvalue weighted by atomic mass is 32.2. The van der Waals surface area contributed by atoms with Crippen molar-refractivity contribution in [3.05, 3.63) is 23.9 Å². The van der Waals surface area contributed by atoms with Gasteiger partial charge in [0.25, 0.3) is 0 Å². The maximum absolute atomic E-state index is 11.5. The molecule has 1 aromatic rings. The molecule has 0 radical (unpaired) electrons. The van der Waals surface area contributed by atoms with Crippen molar-refractivity contribution in [2.45, 2.75) is 11.6 Å². The lowest BCUT2D eigenvalue weighted by molar-refractivity contribution is -0.115. The molecule has 1 amide bonds. The van der Waals surface area contributed by atoms with Gasteiger partial charge in [-0.1, -0.05) is 0 Å². The van der Waals surface area contributed by atoms with Gasteiger partial charge in [0, 0.05) is 12.7 Å². The van der Waals surface area contributed by atoms with Crippen LogP contribution in [0.3, 0.4) is 0 Å². The number of sulfone groups is 1. The van der Waals surface area contributed by atoms with Crippen LogP contribution in [0.5, 0.6) is 0 Å². The van der Waals surface area contributed by atoms with E-state index in [0.717, 1.165) is 0 Å². The van der Waals surface area contributed by atoms with Crippen LogP contribution in [-0.4, -0.2) is 25.1 Å². The minimum atomic E-state index is -3.73. The van der Waals surface area contributed by atoms with Gasteiger partial charge >= 0.3 is 0 Å². The van der Waals surface area contributed by atoms with E-state index in [4.69, 9.17) is 11.5 Å². The van der Waals surface area contributed by atoms with E-state index in [1.54, 1.807) is 6.07 Å². The second-order valence-electron chi connectivity index (χ2n) is 2.93. The average molecular weight is 229 g/mol. The van der Waals surface area contributed by atoms with Gasteiger partial charge < -0.3 is 11.5 Å². The second kappa shape index (κ2) is 4.37. The topological polar surface area (TPSA) is 116 Å². The largest absolute Gasteiger partial charge is 0.369 e. The summed E-state index contributed by atoms with van der Waals surface area (Å²) >= 11 is 0. The molecule has 82 valence electrons. The van der Waals surface area contributed by atoms with Crippen molar-refractivity contribution in [2.24, 2.45) is 11.5 Å². The number of carbonyl (C=O) groups excluding carboxylic acids is 1. The number of aromatic nitrogens is 1. The summed E-state index contributed by atoms with van der Waals surface area (Å²) in [5.41, 5.74) is 10.8. The Hall–Kier alpha value is -1.47. The molecule has 15 heavy (non-hydrogen) atoms. The third-order valence-corrected chi connectivity index (χ3v) is 3.21. The SMILES string of the molecule is NCc1ccnc(S(=O)(=O)CC(N)=O)c1. The van der Waals surface area contributed by atoms with Gasteiger partial charge in [-0.2, -0.15) is 0 Å². The van der Waals surface area contributed by atoms with E-state index < -0.39 is 21.5 Å². The Kier molecular flexibility index (Phi) is 3.38. The number of pyridine rings is 1. The normalized spacial score (nSPS) is 11.3. The highest BCUT2D eigenvalue weighted by Crippen LogP contribution is 2.09. The molecule has 4 N–H and O–H groups in total. The number of hydrogen-bond donors (Lipinski definition) is 2. The zero-order valence-corrected chi connectivity index (χ0v) is 8.70. The molecule has 1 heterocycles. The van der Waals surface area contributed by atoms with Crippen LogP contribution in [0, 0.1) is 0 Å². The molecule has 0 aliphatic heterocycles. The summed E-state index contributed by atoms with van der Waals surface area (Å²) in [6.45, 7) is 0.210. The van der Waals surface area contributed by atoms with E-state index >= 15 is 0 Å².